The molecule has 0 fully saturated rings. The van der Waals surface area contributed by atoms with E-state index in [0.717, 1.165) is 23.1 Å². The van der Waals surface area contributed by atoms with E-state index in [1.54, 1.807) is 24.3 Å². The van der Waals surface area contributed by atoms with Gasteiger partial charge in [-0.15, -0.1) is 0 Å². The number of aliphatic hydroxyl groups is 1. The van der Waals surface area contributed by atoms with Crippen LogP contribution in [0.2, 0.25) is 0 Å². The van der Waals surface area contributed by atoms with E-state index in [-0.39, 0.29) is 23.8 Å². The number of rotatable bonds is 12. The molecule has 39 heavy (non-hydrogen) atoms. The quantitative estimate of drug-likeness (QED) is 0.179. The van der Waals surface area contributed by atoms with E-state index in [1.807, 2.05) is 43.3 Å². The van der Waals surface area contributed by atoms with Crippen molar-refractivity contribution in [2.75, 3.05) is 13.2 Å². The maximum absolute atomic E-state index is 11.1. The van der Waals surface area contributed by atoms with E-state index >= 15 is 0 Å². The second-order valence-corrected chi connectivity index (χ2v) is 10.6. The van der Waals surface area contributed by atoms with E-state index in [0.29, 0.717) is 6.54 Å². The fraction of sp³-hybridized carbons (Fsp3) is 0.265. The number of carboxylic acid groups (broad SMARTS) is 1. The highest BCUT2D eigenvalue weighted by Gasteiger charge is 2.20. The van der Waals surface area contributed by atoms with Crippen molar-refractivity contribution < 1.29 is 19.7 Å². The van der Waals surface area contributed by atoms with Crippen molar-refractivity contribution in [3.8, 4) is 0 Å². The second-order valence-electron chi connectivity index (χ2n) is 10.6. The minimum absolute atomic E-state index is 0.185. The first-order valence-electron chi connectivity index (χ1n) is 13.3. The van der Waals surface area contributed by atoms with Crippen molar-refractivity contribution in [2.24, 2.45) is 0 Å². The van der Waals surface area contributed by atoms with Crippen molar-refractivity contribution >= 4 is 28.9 Å². The molecule has 2 atom stereocenters. The van der Waals surface area contributed by atoms with Gasteiger partial charge in [-0.05, 0) is 72.4 Å². The normalized spacial score (nSPS) is 13.5. The molecular weight excluding hydrogens is 486 g/mol. The third kappa shape index (κ3) is 8.11. The van der Waals surface area contributed by atoms with Crippen LogP contribution in [-0.4, -0.2) is 41.0 Å². The summed E-state index contributed by atoms with van der Waals surface area (Å²) in [4.78, 5) is 11.1. The lowest BCUT2D eigenvalue weighted by Crippen LogP contribution is -2.46. The van der Waals surface area contributed by atoms with Crippen LogP contribution in [0.5, 0.6) is 0 Å². The number of fused-ring (bicyclic) bond motifs is 1. The molecule has 0 aromatic heterocycles. The molecule has 0 saturated carbocycles. The molecule has 4 aromatic rings. The van der Waals surface area contributed by atoms with Gasteiger partial charge in [0.1, 0.15) is 0 Å². The molecule has 0 amide bonds. The van der Waals surface area contributed by atoms with Crippen LogP contribution in [-0.2, 0) is 11.2 Å². The number of nitrogens with one attached hydrogen (secondary N) is 1. The molecule has 0 aliphatic carbocycles. The number of aliphatic hydroxyl groups excluding tert-OH is 1. The van der Waals surface area contributed by atoms with Crippen molar-refractivity contribution in [1.82, 2.24) is 5.32 Å². The zero-order valence-electron chi connectivity index (χ0n) is 22.8. The third-order valence-corrected chi connectivity index (χ3v) is 6.86. The molecule has 3 N–H and O–H groups in total. The summed E-state index contributed by atoms with van der Waals surface area (Å²) in [6.45, 7) is 6.93. The van der Waals surface area contributed by atoms with Crippen LogP contribution < -0.4 is 5.32 Å². The van der Waals surface area contributed by atoms with Crippen LogP contribution in [0.15, 0.2) is 91.0 Å². The smallest absolute Gasteiger partial charge is 0.335 e. The van der Waals surface area contributed by atoms with Gasteiger partial charge in [0, 0.05) is 12.1 Å². The summed E-state index contributed by atoms with van der Waals surface area (Å²) in [5.41, 5.74) is 4.28. The number of hydrogen-bond acceptors (Lipinski definition) is 4. The zero-order chi connectivity index (χ0) is 27.8. The fourth-order valence-electron chi connectivity index (χ4n) is 4.68. The second kappa shape index (κ2) is 12.9. The van der Waals surface area contributed by atoms with E-state index < -0.39 is 12.1 Å². The van der Waals surface area contributed by atoms with Gasteiger partial charge in [-0.2, -0.15) is 0 Å². The van der Waals surface area contributed by atoms with E-state index in [4.69, 9.17) is 9.84 Å². The Balaban J connectivity index is 1.29. The van der Waals surface area contributed by atoms with Gasteiger partial charge >= 0.3 is 5.97 Å². The standard InChI is InChI=1S/C34H37NO4/c1-24(32-11-7-6-9-28(32)17-12-25-13-18-29(19-14-25)33(37)38)39-23-31(36)22-35-34(2,3)21-26-15-16-27-8-4-5-10-30(27)20-26/h4-20,24,31,35-36H,21-23H2,1-3H3,(H,37,38)/t24?,31-/m1/s1. The monoisotopic (exact) mass is 523 g/mol. The van der Waals surface area contributed by atoms with E-state index in [2.05, 4.69) is 61.6 Å². The van der Waals surface area contributed by atoms with Crippen molar-refractivity contribution in [2.45, 2.75) is 44.9 Å². The fourth-order valence-corrected chi connectivity index (χ4v) is 4.68. The van der Waals surface area contributed by atoms with Gasteiger partial charge in [0.25, 0.3) is 0 Å². The highest BCUT2D eigenvalue weighted by molar-refractivity contribution is 5.88. The average molecular weight is 524 g/mol. The Hall–Kier alpha value is -3.77. The van der Waals surface area contributed by atoms with Gasteiger partial charge < -0.3 is 20.3 Å². The summed E-state index contributed by atoms with van der Waals surface area (Å²) in [5.74, 6) is -0.937. The molecule has 4 aromatic carbocycles. The van der Waals surface area contributed by atoms with Crippen molar-refractivity contribution in [3.05, 3.63) is 119 Å². The Morgan fingerprint density at radius 3 is 2.36 bits per heavy atom. The average Bonchev–Trinajstić information content (AvgIpc) is 2.94. The van der Waals surface area contributed by atoms with Crippen LogP contribution in [0.1, 0.15) is 59.5 Å². The van der Waals surface area contributed by atoms with Crippen LogP contribution in [0.4, 0.5) is 0 Å². The van der Waals surface area contributed by atoms with Gasteiger partial charge in [0.05, 0.1) is 24.4 Å². The predicted octanol–water partition coefficient (Wildman–Crippen LogP) is 6.76. The summed E-state index contributed by atoms with van der Waals surface area (Å²) in [6.07, 6.45) is 3.95. The molecule has 0 heterocycles. The summed E-state index contributed by atoms with van der Waals surface area (Å²) in [7, 11) is 0. The van der Waals surface area contributed by atoms with Gasteiger partial charge in [0.15, 0.2) is 0 Å². The maximum atomic E-state index is 11.1. The molecule has 0 aliphatic heterocycles. The molecule has 202 valence electrons. The van der Waals surface area contributed by atoms with Crippen LogP contribution in [0.3, 0.4) is 0 Å². The molecule has 0 aliphatic rings. The molecule has 1 unspecified atom stereocenters. The molecule has 0 radical (unpaired) electrons. The number of carboxylic acids is 1. The van der Waals surface area contributed by atoms with Crippen LogP contribution >= 0.6 is 0 Å². The van der Waals surface area contributed by atoms with E-state index in [9.17, 15) is 9.90 Å². The van der Waals surface area contributed by atoms with E-state index in [1.165, 1.54) is 16.3 Å². The summed E-state index contributed by atoms with van der Waals surface area (Å²) < 4.78 is 6.07. The SMILES string of the molecule is CC(OC[C@H](O)CNC(C)(C)Cc1ccc2ccccc2c1)c1ccccc1C=Cc1ccc(C(=O)O)cc1. The Morgan fingerprint density at radius 1 is 0.923 bits per heavy atom. The van der Waals surface area contributed by atoms with Gasteiger partial charge in [0.2, 0.25) is 0 Å². The first-order valence-corrected chi connectivity index (χ1v) is 13.3. The Labute approximate surface area is 230 Å². The molecular formula is C34H37NO4. The highest BCUT2D eigenvalue weighted by atomic mass is 16.5. The molecule has 5 heteroatoms. The number of ether oxygens (including phenoxy) is 1. The van der Waals surface area contributed by atoms with Crippen LogP contribution in [0.25, 0.3) is 22.9 Å². The zero-order valence-corrected chi connectivity index (χ0v) is 22.8. The Bertz CT molecular complexity index is 1420. The lowest BCUT2D eigenvalue weighted by atomic mass is 9.93. The first-order chi connectivity index (χ1) is 18.7. The number of β-amino-alcohol motifs (C(OH)–C–C–N with tert-alkyl or cyclic N) is 1. The Morgan fingerprint density at radius 2 is 1.62 bits per heavy atom. The molecule has 5 nitrogen and oxygen atoms in total. The molecule has 0 spiro atoms. The number of hydrogen-bond donors (Lipinski definition) is 3. The minimum atomic E-state index is -0.937. The number of carbonyl (C=O) groups is 1. The third-order valence-electron chi connectivity index (χ3n) is 6.86. The van der Waals surface area contributed by atoms with Crippen molar-refractivity contribution in [3.63, 3.8) is 0 Å². The topological polar surface area (TPSA) is 78.8 Å². The van der Waals surface area contributed by atoms with Gasteiger partial charge in [-0.3, -0.25) is 0 Å². The predicted molar refractivity (Wildman–Crippen MR) is 159 cm³/mol. The first kappa shape index (κ1) is 28.2. The lowest BCUT2D eigenvalue weighted by Gasteiger charge is -2.28. The molecule has 4 rings (SSSR count). The summed E-state index contributed by atoms with van der Waals surface area (Å²) >= 11 is 0. The minimum Gasteiger partial charge on any atom is -0.478 e. The lowest BCUT2D eigenvalue weighted by molar-refractivity contribution is -0.00424. The maximum Gasteiger partial charge on any atom is 0.335 e. The van der Waals surface area contributed by atoms with Gasteiger partial charge in [-0.1, -0.05) is 91.0 Å². The summed E-state index contributed by atoms with van der Waals surface area (Å²) in [6, 6.07) is 29.7. The van der Waals surface area contributed by atoms with Crippen LogP contribution in [0, 0.1) is 0 Å². The molecule has 0 bridgehead atoms. The number of benzene rings is 4. The Kier molecular flexibility index (Phi) is 9.31. The highest BCUT2D eigenvalue weighted by Crippen LogP contribution is 2.24. The van der Waals surface area contributed by atoms with Gasteiger partial charge in [-0.25, -0.2) is 4.79 Å². The summed E-state index contributed by atoms with van der Waals surface area (Å²) in [5, 5.41) is 25.7. The molecule has 0 saturated heterocycles. The largest absolute Gasteiger partial charge is 0.478 e. The van der Waals surface area contributed by atoms with Crippen molar-refractivity contribution in [1.29, 1.82) is 0 Å². The number of aromatic carboxylic acids is 1.